The van der Waals surface area contributed by atoms with Crippen molar-refractivity contribution in [1.82, 2.24) is 4.98 Å². The van der Waals surface area contributed by atoms with E-state index >= 15 is 0 Å². The molecule has 0 aromatic carbocycles. The molecule has 0 N–H and O–H groups in total. The zero-order chi connectivity index (χ0) is 13.0. The normalized spacial score (nSPS) is 10.1. The maximum Gasteiger partial charge on any atom is 0.339 e. The van der Waals surface area contributed by atoms with Gasteiger partial charge in [-0.2, -0.15) is 0 Å². The van der Waals surface area contributed by atoms with Crippen molar-refractivity contribution in [3.63, 3.8) is 0 Å². The minimum atomic E-state index is -0.860. The highest BCUT2D eigenvalue weighted by Gasteiger charge is 2.23. The maximum atomic E-state index is 11.3. The second kappa shape index (κ2) is 5.34. The van der Waals surface area contributed by atoms with E-state index in [1.807, 2.05) is 0 Å². The number of methoxy groups -OCH3 is 1. The van der Waals surface area contributed by atoms with Gasteiger partial charge in [-0.3, -0.25) is 14.6 Å². The summed E-state index contributed by atoms with van der Waals surface area (Å²) in [6, 6.07) is 2.97. The zero-order valence-electron chi connectivity index (χ0n) is 9.89. The number of carbonyl (C=O) groups excluding carboxylic acids is 3. The van der Waals surface area contributed by atoms with Gasteiger partial charge in [0, 0.05) is 6.20 Å². The summed E-state index contributed by atoms with van der Waals surface area (Å²) in [5.41, 5.74) is 0.625. The van der Waals surface area contributed by atoms with Crippen LogP contribution in [0.1, 0.15) is 35.8 Å². The van der Waals surface area contributed by atoms with Crippen LogP contribution in [0.5, 0.6) is 0 Å². The second-order valence-corrected chi connectivity index (χ2v) is 3.62. The van der Waals surface area contributed by atoms with Crippen LogP contribution in [0.2, 0.25) is 0 Å². The summed E-state index contributed by atoms with van der Waals surface area (Å²) in [5.74, 6) is -1.90. The molecular formula is C12H13NO4. The Morgan fingerprint density at radius 1 is 1.18 bits per heavy atom. The minimum Gasteiger partial charge on any atom is -0.465 e. The van der Waals surface area contributed by atoms with E-state index in [0.29, 0.717) is 5.69 Å². The number of ketones is 2. The number of nitrogens with zero attached hydrogens (tertiary/aromatic N) is 1. The smallest absolute Gasteiger partial charge is 0.339 e. The van der Waals surface area contributed by atoms with Gasteiger partial charge in [0.2, 0.25) is 0 Å². The Hall–Kier alpha value is -2.04. The van der Waals surface area contributed by atoms with Gasteiger partial charge in [0.05, 0.1) is 18.4 Å². The van der Waals surface area contributed by atoms with Crippen molar-refractivity contribution in [3.05, 3.63) is 29.6 Å². The fourth-order valence-electron chi connectivity index (χ4n) is 1.52. The molecule has 0 aliphatic carbocycles. The molecule has 5 heteroatoms. The molecule has 0 spiro atoms. The Labute approximate surface area is 98.8 Å². The number of hydrogen-bond acceptors (Lipinski definition) is 5. The lowest BCUT2D eigenvalue weighted by Crippen LogP contribution is -2.18. The third-order valence-corrected chi connectivity index (χ3v) is 2.32. The summed E-state index contributed by atoms with van der Waals surface area (Å²) in [6.45, 7) is 2.67. The van der Waals surface area contributed by atoms with E-state index in [2.05, 4.69) is 9.72 Å². The first kappa shape index (κ1) is 13.0. The van der Waals surface area contributed by atoms with Crippen LogP contribution in [0, 0.1) is 0 Å². The van der Waals surface area contributed by atoms with Crippen molar-refractivity contribution in [2.24, 2.45) is 0 Å². The summed E-state index contributed by atoms with van der Waals surface area (Å²) in [5, 5.41) is 0. The van der Waals surface area contributed by atoms with E-state index in [1.165, 1.54) is 39.3 Å². The Kier molecular flexibility index (Phi) is 4.09. The van der Waals surface area contributed by atoms with Crippen molar-refractivity contribution < 1.29 is 19.1 Å². The van der Waals surface area contributed by atoms with Crippen LogP contribution in [0.4, 0.5) is 0 Å². The zero-order valence-corrected chi connectivity index (χ0v) is 9.89. The molecule has 1 rings (SSSR count). The molecule has 0 saturated heterocycles. The molecule has 0 unspecified atom stereocenters. The van der Waals surface area contributed by atoms with Gasteiger partial charge in [0.1, 0.15) is 17.5 Å². The highest BCUT2D eigenvalue weighted by Crippen LogP contribution is 2.16. The first-order valence-corrected chi connectivity index (χ1v) is 5.02. The van der Waals surface area contributed by atoms with Gasteiger partial charge in [0.25, 0.3) is 0 Å². The lowest BCUT2D eigenvalue weighted by molar-refractivity contribution is -0.126. The largest absolute Gasteiger partial charge is 0.465 e. The molecule has 90 valence electrons. The first-order chi connectivity index (χ1) is 7.97. The molecule has 0 amide bonds. The Morgan fingerprint density at radius 3 is 2.12 bits per heavy atom. The van der Waals surface area contributed by atoms with Crippen molar-refractivity contribution in [2.45, 2.75) is 19.8 Å². The van der Waals surface area contributed by atoms with Gasteiger partial charge in [-0.15, -0.1) is 0 Å². The lowest BCUT2D eigenvalue weighted by atomic mass is 9.96. The molecule has 5 nitrogen and oxygen atoms in total. The quantitative estimate of drug-likeness (QED) is 0.577. The van der Waals surface area contributed by atoms with Gasteiger partial charge in [-0.1, -0.05) is 0 Å². The van der Waals surface area contributed by atoms with Gasteiger partial charge in [-0.25, -0.2) is 4.79 Å². The van der Waals surface area contributed by atoms with Crippen LogP contribution in [-0.4, -0.2) is 29.6 Å². The van der Waals surface area contributed by atoms with Crippen LogP contribution in [0.25, 0.3) is 0 Å². The van der Waals surface area contributed by atoms with E-state index in [9.17, 15) is 14.4 Å². The molecule has 0 bridgehead atoms. The van der Waals surface area contributed by atoms with Gasteiger partial charge < -0.3 is 4.74 Å². The number of carbonyl (C=O) groups is 3. The van der Waals surface area contributed by atoms with Crippen LogP contribution in [0.15, 0.2) is 18.3 Å². The average Bonchev–Trinajstić information content (AvgIpc) is 2.28. The number of ether oxygens (including phenoxy) is 1. The van der Waals surface area contributed by atoms with Crippen molar-refractivity contribution >= 4 is 17.5 Å². The Balaban J connectivity index is 3.04. The SMILES string of the molecule is COC(=O)c1ccc(C(C(C)=O)C(C)=O)nc1. The van der Waals surface area contributed by atoms with Gasteiger partial charge in [0.15, 0.2) is 0 Å². The van der Waals surface area contributed by atoms with Crippen LogP contribution < -0.4 is 0 Å². The summed E-state index contributed by atoms with van der Waals surface area (Å²) < 4.78 is 4.52. The molecule has 0 radical (unpaired) electrons. The van der Waals surface area contributed by atoms with Crippen LogP contribution in [-0.2, 0) is 14.3 Å². The summed E-state index contributed by atoms with van der Waals surface area (Å²) in [4.78, 5) is 37.7. The molecule has 17 heavy (non-hydrogen) atoms. The average molecular weight is 235 g/mol. The number of Topliss-reactive ketones (excluding diaryl/α,β-unsaturated/α-hetero) is 2. The molecule has 0 fully saturated rings. The summed E-state index contributed by atoms with van der Waals surface area (Å²) in [6.07, 6.45) is 1.29. The van der Waals surface area contributed by atoms with E-state index in [-0.39, 0.29) is 17.1 Å². The van der Waals surface area contributed by atoms with E-state index in [1.54, 1.807) is 0 Å². The predicted molar refractivity (Wildman–Crippen MR) is 59.7 cm³/mol. The monoisotopic (exact) mass is 235 g/mol. The lowest BCUT2D eigenvalue weighted by Gasteiger charge is -2.09. The fourth-order valence-corrected chi connectivity index (χ4v) is 1.52. The minimum absolute atomic E-state index is 0.268. The van der Waals surface area contributed by atoms with E-state index < -0.39 is 11.9 Å². The van der Waals surface area contributed by atoms with Crippen LogP contribution in [0.3, 0.4) is 0 Å². The Bertz CT molecular complexity index is 436. The number of rotatable bonds is 4. The summed E-state index contributed by atoms with van der Waals surface area (Å²) in [7, 11) is 1.27. The molecular weight excluding hydrogens is 222 g/mol. The van der Waals surface area contributed by atoms with Crippen LogP contribution >= 0.6 is 0 Å². The topological polar surface area (TPSA) is 73.3 Å². The Morgan fingerprint density at radius 2 is 1.76 bits per heavy atom. The van der Waals surface area contributed by atoms with E-state index in [4.69, 9.17) is 0 Å². The number of hydrogen-bond donors (Lipinski definition) is 0. The molecule has 1 heterocycles. The summed E-state index contributed by atoms with van der Waals surface area (Å²) >= 11 is 0. The van der Waals surface area contributed by atoms with Gasteiger partial charge >= 0.3 is 5.97 Å². The molecule has 0 aliphatic rings. The predicted octanol–water partition coefficient (Wildman–Crippen LogP) is 1.13. The third-order valence-electron chi connectivity index (χ3n) is 2.32. The number of aromatic nitrogens is 1. The molecule has 0 aliphatic heterocycles. The standard InChI is InChI=1S/C12H13NO4/c1-7(14)11(8(2)15)10-5-4-9(6-13-10)12(16)17-3/h4-6,11H,1-3H3. The molecule has 0 saturated carbocycles. The fraction of sp³-hybridized carbons (Fsp3) is 0.333. The highest BCUT2D eigenvalue weighted by atomic mass is 16.5. The van der Waals surface area contributed by atoms with E-state index in [0.717, 1.165) is 0 Å². The first-order valence-electron chi connectivity index (χ1n) is 5.02. The maximum absolute atomic E-state index is 11.3. The second-order valence-electron chi connectivity index (χ2n) is 3.62. The number of esters is 1. The van der Waals surface area contributed by atoms with Crippen molar-refractivity contribution in [2.75, 3.05) is 7.11 Å². The van der Waals surface area contributed by atoms with Crippen molar-refractivity contribution in [1.29, 1.82) is 0 Å². The molecule has 1 aromatic rings. The molecule has 1 aromatic heterocycles. The van der Waals surface area contributed by atoms with Gasteiger partial charge in [-0.05, 0) is 26.0 Å². The molecule has 0 atom stereocenters. The van der Waals surface area contributed by atoms with Crippen molar-refractivity contribution in [3.8, 4) is 0 Å². The third kappa shape index (κ3) is 2.96. The highest BCUT2D eigenvalue weighted by molar-refractivity contribution is 6.05. The number of pyridine rings is 1.